The van der Waals surface area contributed by atoms with Gasteiger partial charge in [-0.05, 0) is 59.4 Å². The number of rotatable bonds is 3. The van der Waals surface area contributed by atoms with Crippen molar-refractivity contribution < 1.29 is 9.53 Å². The first-order valence-electron chi connectivity index (χ1n) is 6.66. The zero-order valence-electron chi connectivity index (χ0n) is 11.9. The largest absolute Gasteiger partial charge is 0.496 e. The predicted octanol–water partition coefficient (Wildman–Crippen LogP) is 4.26. The predicted molar refractivity (Wildman–Crippen MR) is 89.6 cm³/mol. The van der Waals surface area contributed by atoms with Crippen molar-refractivity contribution in [1.82, 2.24) is 5.32 Å². The molecule has 1 aliphatic rings. The Labute approximate surface area is 138 Å². The molecule has 1 aromatic carbocycles. The maximum Gasteiger partial charge on any atom is 0.255 e. The van der Waals surface area contributed by atoms with Crippen molar-refractivity contribution in [2.75, 3.05) is 7.11 Å². The molecule has 1 amide bonds. The summed E-state index contributed by atoms with van der Waals surface area (Å²) in [6.45, 7) is 4.48. The Bertz CT molecular complexity index is 531. The molecule has 1 N–H and O–H groups in total. The van der Waals surface area contributed by atoms with Crippen molar-refractivity contribution in [3.05, 3.63) is 26.3 Å². The zero-order chi connectivity index (χ0) is 14.9. The molecule has 2 rings (SSSR count). The standard InChI is InChI=1S/C15H19ClINO2/c1-15(2)5-4-9(8-15)18-14(19)10-6-11(16)12(17)7-13(10)20-3/h6-7,9H,4-5,8H2,1-3H3,(H,18,19). The van der Waals surface area contributed by atoms with Gasteiger partial charge in [-0.15, -0.1) is 0 Å². The molecule has 0 radical (unpaired) electrons. The second kappa shape index (κ2) is 6.10. The summed E-state index contributed by atoms with van der Waals surface area (Å²) in [7, 11) is 1.56. The molecule has 0 bridgehead atoms. The van der Waals surface area contributed by atoms with Crippen molar-refractivity contribution in [1.29, 1.82) is 0 Å². The highest BCUT2D eigenvalue weighted by Crippen LogP contribution is 2.37. The van der Waals surface area contributed by atoms with Crippen LogP contribution in [0.4, 0.5) is 0 Å². The van der Waals surface area contributed by atoms with E-state index >= 15 is 0 Å². The van der Waals surface area contributed by atoms with E-state index in [1.165, 1.54) is 0 Å². The highest BCUT2D eigenvalue weighted by atomic mass is 127. The van der Waals surface area contributed by atoms with E-state index in [0.717, 1.165) is 22.8 Å². The average molecular weight is 408 g/mol. The van der Waals surface area contributed by atoms with E-state index in [9.17, 15) is 4.79 Å². The summed E-state index contributed by atoms with van der Waals surface area (Å²) in [4.78, 5) is 12.4. The molecule has 20 heavy (non-hydrogen) atoms. The summed E-state index contributed by atoms with van der Waals surface area (Å²) in [5, 5.41) is 3.66. The molecule has 1 aromatic rings. The second-order valence-electron chi connectivity index (χ2n) is 6.04. The van der Waals surface area contributed by atoms with E-state index in [4.69, 9.17) is 16.3 Å². The van der Waals surface area contributed by atoms with Gasteiger partial charge in [-0.1, -0.05) is 25.4 Å². The molecule has 0 heterocycles. The lowest BCUT2D eigenvalue weighted by Crippen LogP contribution is -2.33. The number of hydrogen-bond donors (Lipinski definition) is 1. The van der Waals surface area contributed by atoms with Gasteiger partial charge in [0.25, 0.3) is 5.91 Å². The topological polar surface area (TPSA) is 38.3 Å². The average Bonchev–Trinajstić information content (AvgIpc) is 2.71. The second-order valence-corrected chi connectivity index (χ2v) is 7.61. The normalized spacial score (nSPS) is 20.8. The van der Waals surface area contributed by atoms with Crippen LogP contribution >= 0.6 is 34.2 Å². The Morgan fingerprint density at radius 2 is 2.20 bits per heavy atom. The molecule has 0 spiro atoms. The lowest BCUT2D eigenvalue weighted by Gasteiger charge is -2.18. The number of nitrogens with one attached hydrogen (secondary N) is 1. The van der Waals surface area contributed by atoms with Crippen molar-refractivity contribution in [2.24, 2.45) is 5.41 Å². The fourth-order valence-corrected chi connectivity index (χ4v) is 3.30. The summed E-state index contributed by atoms with van der Waals surface area (Å²) >= 11 is 8.23. The van der Waals surface area contributed by atoms with Crippen LogP contribution in [0.15, 0.2) is 12.1 Å². The van der Waals surface area contributed by atoms with E-state index in [-0.39, 0.29) is 11.9 Å². The van der Waals surface area contributed by atoms with Gasteiger partial charge in [0.05, 0.1) is 17.7 Å². The van der Waals surface area contributed by atoms with E-state index in [1.807, 2.05) is 0 Å². The quantitative estimate of drug-likeness (QED) is 0.760. The Morgan fingerprint density at radius 1 is 1.50 bits per heavy atom. The molecule has 5 heteroatoms. The first-order valence-corrected chi connectivity index (χ1v) is 8.12. The van der Waals surface area contributed by atoms with Crippen LogP contribution in [-0.4, -0.2) is 19.1 Å². The minimum absolute atomic E-state index is 0.108. The third kappa shape index (κ3) is 3.58. The van der Waals surface area contributed by atoms with Gasteiger partial charge in [-0.3, -0.25) is 4.79 Å². The van der Waals surface area contributed by atoms with Crippen molar-refractivity contribution >= 4 is 40.1 Å². The summed E-state index contributed by atoms with van der Waals surface area (Å²) in [5.41, 5.74) is 0.814. The maximum atomic E-state index is 12.4. The number of halogens is 2. The number of benzene rings is 1. The highest BCUT2D eigenvalue weighted by Gasteiger charge is 2.32. The molecule has 0 aromatic heterocycles. The maximum absolute atomic E-state index is 12.4. The molecule has 0 saturated heterocycles. The minimum Gasteiger partial charge on any atom is -0.496 e. The van der Waals surface area contributed by atoms with Gasteiger partial charge in [-0.25, -0.2) is 0 Å². The number of ether oxygens (including phenoxy) is 1. The molecule has 0 aliphatic heterocycles. The monoisotopic (exact) mass is 407 g/mol. The SMILES string of the molecule is COc1cc(I)c(Cl)cc1C(=O)NC1CCC(C)(C)C1. The Hall–Kier alpha value is -0.490. The van der Waals surface area contributed by atoms with Crippen LogP contribution < -0.4 is 10.1 Å². The number of hydrogen-bond acceptors (Lipinski definition) is 2. The lowest BCUT2D eigenvalue weighted by atomic mass is 9.92. The minimum atomic E-state index is -0.108. The Kier molecular flexibility index (Phi) is 4.84. The smallest absolute Gasteiger partial charge is 0.255 e. The van der Waals surface area contributed by atoms with Crippen LogP contribution in [0.2, 0.25) is 5.02 Å². The number of amides is 1. The van der Waals surface area contributed by atoms with Gasteiger partial charge >= 0.3 is 0 Å². The van der Waals surface area contributed by atoms with E-state index in [1.54, 1.807) is 19.2 Å². The molecule has 1 atom stereocenters. The highest BCUT2D eigenvalue weighted by molar-refractivity contribution is 14.1. The molecule has 3 nitrogen and oxygen atoms in total. The van der Waals surface area contributed by atoms with E-state index in [0.29, 0.717) is 21.8 Å². The number of carbonyl (C=O) groups is 1. The third-order valence-corrected chi connectivity index (χ3v) is 5.31. The van der Waals surface area contributed by atoms with E-state index < -0.39 is 0 Å². The summed E-state index contributed by atoms with van der Waals surface area (Å²) in [6, 6.07) is 3.70. The molecule has 1 unspecified atom stereocenters. The zero-order valence-corrected chi connectivity index (χ0v) is 14.8. The summed E-state index contributed by atoms with van der Waals surface area (Å²) in [5.74, 6) is 0.455. The van der Waals surface area contributed by atoms with Gasteiger partial charge in [0.2, 0.25) is 0 Å². The van der Waals surface area contributed by atoms with Crippen LogP contribution in [-0.2, 0) is 0 Å². The number of methoxy groups -OCH3 is 1. The van der Waals surface area contributed by atoms with Crippen LogP contribution in [0, 0.1) is 8.99 Å². The number of carbonyl (C=O) groups excluding carboxylic acids is 1. The van der Waals surface area contributed by atoms with E-state index in [2.05, 4.69) is 41.8 Å². The fraction of sp³-hybridized carbons (Fsp3) is 0.533. The first-order chi connectivity index (χ1) is 9.32. The molecule has 1 aliphatic carbocycles. The van der Waals surface area contributed by atoms with Crippen LogP contribution in [0.5, 0.6) is 5.75 Å². The molecule has 1 fully saturated rings. The molecular formula is C15H19ClINO2. The molecule has 1 saturated carbocycles. The Morgan fingerprint density at radius 3 is 2.75 bits per heavy atom. The van der Waals surface area contributed by atoms with Crippen LogP contribution in [0.3, 0.4) is 0 Å². The van der Waals surface area contributed by atoms with Gasteiger partial charge in [0.15, 0.2) is 0 Å². The van der Waals surface area contributed by atoms with Gasteiger partial charge in [-0.2, -0.15) is 0 Å². The van der Waals surface area contributed by atoms with Gasteiger partial charge in [0, 0.05) is 9.61 Å². The molecular weight excluding hydrogens is 389 g/mol. The van der Waals surface area contributed by atoms with Gasteiger partial charge < -0.3 is 10.1 Å². The van der Waals surface area contributed by atoms with Crippen molar-refractivity contribution in [3.63, 3.8) is 0 Å². The Balaban J connectivity index is 2.15. The lowest BCUT2D eigenvalue weighted by molar-refractivity contribution is 0.0933. The summed E-state index contributed by atoms with van der Waals surface area (Å²) in [6.07, 6.45) is 3.18. The van der Waals surface area contributed by atoms with Crippen molar-refractivity contribution in [2.45, 2.75) is 39.2 Å². The fourth-order valence-electron chi connectivity index (χ4n) is 2.70. The van der Waals surface area contributed by atoms with Gasteiger partial charge in [0.1, 0.15) is 5.75 Å². The van der Waals surface area contributed by atoms with Crippen LogP contribution in [0.25, 0.3) is 0 Å². The molecule has 110 valence electrons. The third-order valence-electron chi connectivity index (χ3n) is 3.79. The van der Waals surface area contributed by atoms with Crippen molar-refractivity contribution in [3.8, 4) is 5.75 Å². The van der Waals surface area contributed by atoms with Crippen LogP contribution in [0.1, 0.15) is 43.5 Å². The first kappa shape index (κ1) is 15.9. The summed E-state index contributed by atoms with van der Waals surface area (Å²) < 4.78 is 6.16.